The number of alkyl halides is 3. The third-order valence-corrected chi connectivity index (χ3v) is 3.86. The van der Waals surface area contributed by atoms with Gasteiger partial charge in [-0.2, -0.15) is 13.2 Å². The van der Waals surface area contributed by atoms with Gasteiger partial charge in [0.25, 0.3) is 0 Å². The smallest absolute Gasteiger partial charge is 0.372 e. The maximum Gasteiger partial charge on any atom is 0.452 e. The van der Waals surface area contributed by atoms with Crippen LogP contribution in [0.15, 0.2) is 24.3 Å². The van der Waals surface area contributed by atoms with E-state index in [9.17, 15) is 13.2 Å². The summed E-state index contributed by atoms with van der Waals surface area (Å²) in [6.45, 7) is 5.71. The van der Waals surface area contributed by atoms with Crippen LogP contribution in [0.5, 0.6) is 0 Å². The second-order valence-electron chi connectivity index (χ2n) is 4.75. The first-order chi connectivity index (χ1) is 10.3. The number of aryl methyl sites for hydroxylation is 1. The second-order valence-corrected chi connectivity index (χ2v) is 5.12. The fraction of sp³-hybridized carbons (Fsp3) is 0.429. The van der Waals surface area contributed by atoms with Crippen LogP contribution >= 0.6 is 24.6 Å². The van der Waals surface area contributed by atoms with E-state index in [4.69, 9.17) is 12.2 Å². The van der Waals surface area contributed by atoms with Crippen LogP contribution < -0.4 is 4.90 Å². The lowest BCUT2D eigenvalue weighted by atomic mass is 10.2. The monoisotopic (exact) mass is 366 g/mol. The van der Waals surface area contributed by atoms with Gasteiger partial charge in [-0.25, -0.2) is 4.68 Å². The molecule has 0 aliphatic rings. The predicted octanol–water partition coefficient (Wildman–Crippen LogP) is 4.23. The van der Waals surface area contributed by atoms with Crippen LogP contribution in [0.3, 0.4) is 0 Å². The molecular formula is C14H18ClF3N4S. The van der Waals surface area contributed by atoms with E-state index in [1.165, 1.54) is 7.05 Å². The lowest BCUT2D eigenvalue weighted by Gasteiger charge is -2.21. The molecule has 1 aromatic carbocycles. The van der Waals surface area contributed by atoms with Crippen LogP contribution in [0.2, 0.25) is 0 Å². The summed E-state index contributed by atoms with van der Waals surface area (Å²) in [6.07, 6.45) is -4.56. The van der Waals surface area contributed by atoms with E-state index in [1.807, 2.05) is 13.8 Å². The minimum absolute atomic E-state index is 0. The Labute approximate surface area is 143 Å². The third kappa shape index (κ3) is 3.87. The summed E-state index contributed by atoms with van der Waals surface area (Å²) < 4.78 is 41.3. The van der Waals surface area contributed by atoms with Gasteiger partial charge in [0.05, 0.1) is 5.69 Å². The Morgan fingerprint density at radius 2 is 1.65 bits per heavy atom. The highest BCUT2D eigenvalue weighted by atomic mass is 35.5. The molecule has 0 unspecified atom stereocenters. The molecule has 0 saturated heterocycles. The van der Waals surface area contributed by atoms with Gasteiger partial charge in [0, 0.05) is 25.8 Å². The predicted molar refractivity (Wildman–Crippen MR) is 89.2 cm³/mol. The van der Waals surface area contributed by atoms with E-state index in [0.29, 0.717) is 5.69 Å². The van der Waals surface area contributed by atoms with Gasteiger partial charge in [-0.05, 0) is 50.3 Å². The minimum atomic E-state index is -4.56. The van der Waals surface area contributed by atoms with Crippen molar-refractivity contribution in [1.29, 1.82) is 0 Å². The molecule has 0 fully saturated rings. The van der Waals surface area contributed by atoms with Crippen LogP contribution in [0.25, 0.3) is 5.69 Å². The standard InChI is InChI=1S/C14H17F3N4S.ClH/c1-4-20(5-2)10-6-8-11(9-7-10)21-12(14(15,16)17)18-19(3)13(21)22;/h6-9H,4-5H2,1-3H3;1H. The fourth-order valence-electron chi connectivity index (χ4n) is 2.28. The highest BCUT2D eigenvalue weighted by molar-refractivity contribution is 7.71. The third-order valence-electron chi connectivity index (χ3n) is 3.41. The first-order valence-electron chi connectivity index (χ1n) is 6.88. The van der Waals surface area contributed by atoms with Crippen LogP contribution in [0.4, 0.5) is 18.9 Å². The molecule has 0 radical (unpaired) electrons. The quantitative estimate of drug-likeness (QED) is 0.757. The summed E-state index contributed by atoms with van der Waals surface area (Å²) in [5, 5.41) is 3.49. The van der Waals surface area contributed by atoms with Crippen molar-refractivity contribution in [3.05, 3.63) is 34.9 Å². The Balaban J connectivity index is 0.00000264. The summed E-state index contributed by atoms with van der Waals surface area (Å²) in [4.78, 5) is 2.11. The van der Waals surface area contributed by atoms with E-state index in [2.05, 4.69) is 10.00 Å². The molecule has 0 bridgehead atoms. The van der Waals surface area contributed by atoms with E-state index >= 15 is 0 Å². The molecule has 0 saturated carbocycles. The number of hydrogen-bond donors (Lipinski definition) is 0. The molecule has 2 aromatic rings. The average Bonchev–Trinajstić information content (AvgIpc) is 2.77. The van der Waals surface area contributed by atoms with Crippen LogP contribution in [0, 0.1) is 4.77 Å². The lowest BCUT2D eigenvalue weighted by molar-refractivity contribution is -0.146. The highest BCUT2D eigenvalue weighted by Crippen LogP contribution is 2.30. The number of nitrogens with zero attached hydrogens (tertiary/aromatic N) is 4. The Kier molecular flexibility index (Phi) is 6.24. The lowest BCUT2D eigenvalue weighted by Crippen LogP contribution is -2.21. The van der Waals surface area contributed by atoms with Gasteiger partial charge in [-0.3, -0.25) is 4.57 Å². The van der Waals surface area contributed by atoms with Crippen molar-refractivity contribution >= 4 is 30.3 Å². The summed E-state index contributed by atoms with van der Waals surface area (Å²) in [6, 6.07) is 6.83. The second kappa shape index (κ2) is 7.35. The summed E-state index contributed by atoms with van der Waals surface area (Å²) >= 11 is 5.05. The van der Waals surface area contributed by atoms with Gasteiger partial charge in [0.15, 0.2) is 0 Å². The summed E-state index contributed by atoms with van der Waals surface area (Å²) in [5.74, 6) is -1.02. The van der Waals surface area contributed by atoms with E-state index in [1.54, 1.807) is 24.3 Å². The maximum absolute atomic E-state index is 13.1. The normalized spacial score (nSPS) is 11.2. The van der Waals surface area contributed by atoms with Gasteiger partial charge in [0.2, 0.25) is 10.6 Å². The van der Waals surface area contributed by atoms with Crippen molar-refractivity contribution in [3.8, 4) is 5.69 Å². The summed E-state index contributed by atoms with van der Waals surface area (Å²) in [5.41, 5.74) is 1.30. The Morgan fingerprint density at radius 3 is 2.09 bits per heavy atom. The zero-order valence-corrected chi connectivity index (χ0v) is 14.6. The van der Waals surface area contributed by atoms with Crippen molar-refractivity contribution < 1.29 is 13.2 Å². The van der Waals surface area contributed by atoms with Crippen LogP contribution in [-0.2, 0) is 13.2 Å². The molecule has 0 spiro atoms. The van der Waals surface area contributed by atoms with Crippen LogP contribution in [0.1, 0.15) is 19.7 Å². The molecule has 0 amide bonds. The number of aromatic nitrogens is 3. The maximum atomic E-state index is 13.1. The number of benzene rings is 1. The molecule has 1 aromatic heterocycles. The van der Waals surface area contributed by atoms with Crippen molar-refractivity contribution in [2.24, 2.45) is 7.05 Å². The van der Waals surface area contributed by atoms with Crippen molar-refractivity contribution in [2.75, 3.05) is 18.0 Å². The van der Waals surface area contributed by atoms with E-state index in [0.717, 1.165) is 28.0 Å². The molecule has 0 atom stereocenters. The zero-order chi connectivity index (χ0) is 16.5. The molecule has 2 rings (SSSR count). The highest BCUT2D eigenvalue weighted by Gasteiger charge is 2.38. The van der Waals surface area contributed by atoms with Crippen LogP contribution in [-0.4, -0.2) is 27.4 Å². The molecule has 0 aliphatic heterocycles. The zero-order valence-electron chi connectivity index (χ0n) is 13.0. The van der Waals surface area contributed by atoms with Gasteiger partial charge in [0.1, 0.15) is 0 Å². The Bertz CT molecular complexity index is 702. The van der Waals surface area contributed by atoms with E-state index in [-0.39, 0.29) is 17.2 Å². The first kappa shape index (κ1) is 19.5. The molecule has 1 heterocycles. The van der Waals surface area contributed by atoms with Crippen molar-refractivity contribution in [2.45, 2.75) is 20.0 Å². The van der Waals surface area contributed by atoms with Gasteiger partial charge in [-0.1, -0.05) is 0 Å². The van der Waals surface area contributed by atoms with Gasteiger partial charge >= 0.3 is 6.18 Å². The van der Waals surface area contributed by atoms with E-state index < -0.39 is 12.0 Å². The average molecular weight is 367 g/mol. The van der Waals surface area contributed by atoms with Gasteiger partial charge < -0.3 is 4.90 Å². The fourth-order valence-corrected chi connectivity index (χ4v) is 2.52. The largest absolute Gasteiger partial charge is 0.452 e. The first-order valence-corrected chi connectivity index (χ1v) is 7.29. The molecule has 9 heteroatoms. The molecular weight excluding hydrogens is 349 g/mol. The molecule has 0 N–H and O–H groups in total. The van der Waals surface area contributed by atoms with Gasteiger partial charge in [-0.15, -0.1) is 17.5 Å². The Hall–Kier alpha value is -1.54. The molecule has 0 aliphatic carbocycles. The SMILES string of the molecule is CCN(CC)c1ccc(-n2c(C(F)(F)F)nn(C)c2=S)cc1.Cl. The molecule has 4 nitrogen and oxygen atoms in total. The van der Waals surface area contributed by atoms with Crippen molar-refractivity contribution in [1.82, 2.24) is 14.3 Å². The van der Waals surface area contributed by atoms with Crippen molar-refractivity contribution in [3.63, 3.8) is 0 Å². The number of hydrogen-bond acceptors (Lipinski definition) is 3. The number of anilines is 1. The minimum Gasteiger partial charge on any atom is -0.372 e. The molecule has 23 heavy (non-hydrogen) atoms. The molecule has 128 valence electrons. The topological polar surface area (TPSA) is 26.0 Å². The Morgan fingerprint density at radius 1 is 1.13 bits per heavy atom. The number of halogens is 4. The number of rotatable bonds is 4. The summed E-state index contributed by atoms with van der Waals surface area (Å²) in [7, 11) is 1.40.